The Morgan fingerprint density at radius 1 is 1.10 bits per heavy atom. The molecule has 1 N–H and O–H groups in total. The lowest BCUT2D eigenvalue weighted by Gasteiger charge is -2.14. The van der Waals surface area contributed by atoms with Gasteiger partial charge in [-0.15, -0.1) is 0 Å². The Labute approximate surface area is 120 Å². The highest BCUT2D eigenvalue weighted by molar-refractivity contribution is 5.40. The molecule has 0 aliphatic rings. The third-order valence-electron chi connectivity index (χ3n) is 2.71. The normalized spacial score (nSPS) is 11.2. The number of benzene rings is 1. The van der Waals surface area contributed by atoms with Gasteiger partial charge in [0.05, 0.1) is 0 Å². The van der Waals surface area contributed by atoms with Crippen LogP contribution in [0.1, 0.15) is 11.3 Å². The maximum absolute atomic E-state index is 12.2. The minimum absolute atomic E-state index is 0.218. The van der Waals surface area contributed by atoms with Crippen LogP contribution in [-0.4, -0.2) is 17.8 Å². The minimum Gasteiger partial charge on any atom is -0.484 e. The fraction of sp³-hybridized carbons (Fsp3) is 0.267. The molecule has 0 aliphatic heterocycles. The number of halogens is 3. The van der Waals surface area contributed by atoms with Crippen LogP contribution in [0.5, 0.6) is 5.75 Å². The lowest BCUT2D eigenvalue weighted by atomic mass is 10.2. The van der Waals surface area contributed by atoms with Crippen LogP contribution in [-0.2, 0) is 6.54 Å². The maximum Gasteiger partial charge on any atom is 0.422 e. The molecule has 6 heteroatoms. The van der Waals surface area contributed by atoms with Gasteiger partial charge in [-0.2, -0.15) is 13.2 Å². The lowest BCUT2D eigenvalue weighted by molar-refractivity contribution is -0.153. The Balaban J connectivity index is 2.03. The summed E-state index contributed by atoms with van der Waals surface area (Å²) >= 11 is 0. The van der Waals surface area contributed by atoms with Crippen molar-refractivity contribution >= 4 is 5.82 Å². The van der Waals surface area contributed by atoms with Crippen molar-refractivity contribution in [1.29, 1.82) is 0 Å². The molecular formula is C15H15F3N2O. The monoisotopic (exact) mass is 296 g/mol. The van der Waals surface area contributed by atoms with E-state index < -0.39 is 12.8 Å². The molecule has 0 aliphatic carbocycles. The zero-order chi connectivity index (χ0) is 15.3. The number of alkyl halides is 3. The number of pyridine rings is 1. The quantitative estimate of drug-likeness (QED) is 0.907. The van der Waals surface area contributed by atoms with Crippen molar-refractivity contribution in [2.75, 3.05) is 11.9 Å². The Hall–Kier alpha value is -2.24. The fourth-order valence-corrected chi connectivity index (χ4v) is 1.78. The molecule has 112 valence electrons. The Kier molecular flexibility index (Phi) is 4.67. The van der Waals surface area contributed by atoms with E-state index in [1.807, 2.05) is 19.1 Å². The molecule has 0 saturated carbocycles. The average Bonchev–Trinajstić information content (AvgIpc) is 2.43. The van der Waals surface area contributed by atoms with Crippen LogP contribution in [0.25, 0.3) is 0 Å². The number of aryl methyl sites for hydroxylation is 1. The van der Waals surface area contributed by atoms with E-state index in [9.17, 15) is 13.2 Å². The molecule has 0 fully saturated rings. The maximum atomic E-state index is 12.2. The fourth-order valence-electron chi connectivity index (χ4n) is 1.78. The first-order chi connectivity index (χ1) is 9.94. The standard InChI is InChI=1S/C15H15F3N2O/c1-11-5-4-8-14(20-11)19-9-12-6-2-3-7-13(12)21-10-15(16,17)18/h2-8H,9-10H2,1H3,(H,19,20). The van der Waals surface area contributed by atoms with Gasteiger partial charge in [-0.3, -0.25) is 0 Å². The van der Waals surface area contributed by atoms with Gasteiger partial charge in [-0.25, -0.2) is 4.98 Å². The van der Waals surface area contributed by atoms with Crippen molar-refractivity contribution in [3.8, 4) is 5.75 Å². The molecule has 0 atom stereocenters. The molecule has 2 aromatic rings. The summed E-state index contributed by atoms with van der Waals surface area (Å²) in [5.74, 6) is 0.885. The van der Waals surface area contributed by atoms with E-state index in [-0.39, 0.29) is 5.75 Å². The molecule has 3 nitrogen and oxygen atoms in total. The van der Waals surface area contributed by atoms with E-state index >= 15 is 0 Å². The topological polar surface area (TPSA) is 34.1 Å². The molecule has 0 bridgehead atoms. The number of rotatable bonds is 5. The Morgan fingerprint density at radius 2 is 1.86 bits per heavy atom. The zero-order valence-corrected chi connectivity index (χ0v) is 11.4. The van der Waals surface area contributed by atoms with Crippen molar-refractivity contribution < 1.29 is 17.9 Å². The van der Waals surface area contributed by atoms with Crippen LogP contribution in [0, 0.1) is 6.92 Å². The predicted molar refractivity (Wildman–Crippen MR) is 74.3 cm³/mol. The van der Waals surface area contributed by atoms with Gasteiger partial charge in [-0.1, -0.05) is 24.3 Å². The molecule has 0 spiro atoms. The van der Waals surface area contributed by atoms with Crippen LogP contribution >= 0.6 is 0 Å². The lowest BCUT2D eigenvalue weighted by Crippen LogP contribution is -2.20. The van der Waals surface area contributed by atoms with Gasteiger partial charge < -0.3 is 10.1 Å². The van der Waals surface area contributed by atoms with E-state index in [1.165, 1.54) is 6.07 Å². The van der Waals surface area contributed by atoms with Crippen LogP contribution in [0.3, 0.4) is 0 Å². The average molecular weight is 296 g/mol. The van der Waals surface area contributed by atoms with E-state index in [0.29, 0.717) is 17.9 Å². The molecule has 1 heterocycles. The molecule has 0 amide bonds. The van der Waals surface area contributed by atoms with Crippen LogP contribution in [0.15, 0.2) is 42.5 Å². The molecule has 0 saturated heterocycles. The van der Waals surface area contributed by atoms with E-state index in [2.05, 4.69) is 10.3 Å². The van der Waals surface area contributed by atoms with E-state index in [1.54, 1.807) is 24.3 Å². The number of anilines is 1. The highest BCUT2D eigenvalue weighted by Crippen LogP contribution is 2.22. The summed E-state index contributed by atoms with van der Waals surface area (Å²) in [6.07, 6.45) is -4.35. The number of nitrogens with zero attached hydrogens (tertiary/aromatic N) is 1. The molecular weight excluding hydrogens is 281 g/mol. The van der Waals surface area contributed by atoms with Crippen LogP contribution in [0.2, 0.25) is 0 Å². The number of ether oxygens (including phenoxy) is 1. The van der Waals surface area contributed by atoms with Crippen molar-refractivity contribution in [1.82, 2.24) is 4.98 Å². The number of hydrogen-bond acceptors (Lipinski definition) is 3. The van der Waals surface area contributed by atoms with Gasteiger partial charge in [0, 0.05) is 17.8 Å². The Morgan fingerprint density at radius 3 is 2.57 bits per heavy atom. The number of para-hydroxylation sites is 1. The summed E-state index contributed by atoms with van der Waals surface area (Å²) in [4.78, 5) is 4.27. The summed E-state index contributed by atoms with van der Waals surface area (Å²) < 4.78 is 41.5. The second kappa shape index (κ2) is 6.47. The summed E-state index contributed by atoms with van der Waals surface area (Å²) in [5.41, 5.74) is 1.51. The summed E-state index contributed by atoms with van der Waals surface area (Å²) in [7, 11) is 0. The highest BCUT2D eigenvalue weighted by atomic mass is 19.4. The minimum atomic E-state index is -4.35. The van der Waals surface area contributed by atoms with Crippen molar-refractivity contribution in [2.45, 2.75) is 19.6 Å². The SMILES string of the molecule is Cc1cccc(NCc2ccccc2OCC(F)(F)F)n1. The molecule has 2 rings (SSSR count). The Bertz CT molecular complexity index is 599. The molecule has 0 unspecified atom stereocenters. The second-order valence-corrected chi connectivity index (χ2v) is 4.53. The number of nitrogens with one attached hydrogen (secondary N) is 1. The largest absolute Gasteiger partial charge is 0.484 e. The highest BCUT2D eigenvalue weighted by Gasteiger charge is 2.28. The molecule has 1 aromatic heterocycles. The number of aromatic nitrogens is 1. The first kappa shape index (κ1) is 15.2. The zero-order valence-electron chi connectivity index (χ0n) is 11.4. The molecule has 1 aromatic carbocycles. The van der Waals surface area contributed by atoms with Crippen LogP contribution < -0.4 is 10.1 Å². The first-order valence-corrected chi connectivity index (χ1v) is 6.39. The van der Waals surface area contributed by atoms with Gasteiger partial charge in [-0.05, 0) is 25.1 Å². The first-order valence-electron chi connectivity index (χ1n) is 6.39. The number of hydrogen-bond donors (Lipinski definition) is 1. The van der Waals surface area contributed by atoms with E-state index in [0.717, 1.165) is 5.69 Å². The molecule has 21 heavy (non-hydrogen) atoms. The van der Waals surface area contributed by atoms with Gasteiger partial charge >= 0.3 is 6.18 Å². The third kappa shape index (κ3) is 4.98. The van der Waals surface area contributed by atoms with Crippen molar-refractivity contribution in [3.05, 3.63) is 53.7 Å². The summed E-state index contributed by atoms with van der Waals surface area (Å²) in [6.45, 7) is 0.906. The van der Waals surface area contributed by atoms with Gasteiger partial charge in [0.25, 0.3) is 0 Å². The predicted octanol–water partition coefficient (Wildman–Crippen LogP) is 3.94. The third-order valence-corrected chi connectivity index (χ3v) is 2.71. The smallest absolute Gasteiger partial charge is 0.422 e. The van der Waals surface area contributed by atoms with Crippen LogP contribution in [0.4, 0.5) is 19.0 Å². The molecule has 0 radical (unpaired) electrons. The summed E-state index contributed by atoms with van der Waals surface area (Å²) in [6, 6.07) is 12.1. The van der Waals surface area contributed by atoms with Gasteiger partial charge in [0.1, 0.15) is 11.6 Å². The van der Waals surface area contributed by atoms with Crippen molar-refractivity contribution in [3.63, 3.8) is 0 Å². The second-order valence-electron chi connectivity index (χ2n) is 4.53. The summed E-state index contributed by atoms with van der Waals surface area (Å²) in [5, 5.41) is 3.07. The van der Waals surface area contributed by atoms with Gasteiger partial charge in [0.2, 0.25) is 0 Å². The van der Waals surface area contributed by atoms with E-state index in [4.69, 9.17) is 4.74 Å². The van der Waals surface area contributed by atoms with Gasteiger partial charge in [0.15, 0.2) is 6.61 Å². The van der Waals surface area contributed by atoms with Crippen molar-refractivity contribution in [2.24, 2.45) is 0 Å².